The van der Waals surface area contributed by atoms with Gasteiger partial charge in [-0.15, -0.1) is 0 Å². The van der Waals surface area contributed by atoms with E-state index in [0.717, 1.165) is 16.8 Å². The number of nitrogens with zero attached hydrogens (tertiary/aromatic N) is 2. The van der Waals surface area contributed by atoms with Crippen LogP contribution in [-0.4, -0.2) is 49.5 Å². The number of rotatable bonds is 5. The summed E-state index contributed by atoms with van der Waals surface area (Å²) in [6.45, 7) is 0. The lowest BCUT2D eigenvalue weighted by atomic mass is 9.77. The number of hydrogen-bond donors (Lipinski definition) is 0. The fourth-order valence-electron chi connectivity index (χ4n) is 1.77. The van der Waals surface area contributed by atoms with Crippen molar-refractivity contribution in [2.75, 3.05) is 52.2 Å². The summed E-state index contributed by atoms with van der Waals surface area (Å²) in [5.74, 6) is 0. The lowest BCUT2D eigenvalue weighted by Gasteiger charge is -2.22. The van der Waals surface area contributed by atoms with Crippen molar-refractivity contribution in [3.8, 4) is 0 Å². The molecule has 0 aromatic heterocycles. The largest absolute Gasteiger partial charge is 0.495 e. The van der Waals surface area contributed by atoms with Crippen LogP contribution in [0.1, 0.15) is 0 Å². The van der Waals surface area contributed by atoms with Gasteiger partial charge in [0.25, 0.3) is 0 Å². The Kier molecular flexibility index (Phi) is 4.84. The molecule has 0 N–H and O–H groups in total. The molecule has 0 aliphatic rings. The topological polar surface area (TPSA) is 24.9 Å². The summed E-state index contributed by atoms with van der Waals surface area (Å²) in [5, 5.41) is 0. The molecular weight excluding hydrogens is 215 g/mol. The fourth-order valence-corrected chi connectivity index (χ4v) is 1.77. The van der Waals surface area contributed by atoms with Crippen molar-refractivity contribution < 1.29 is 9.31 Å². The second-order valence-electron chi connectivity index (χ2n) is 4.34. The van der Waals surface area contributed by atoms with E-state index in [1.54, 1.807) is 14.2 Å². The van der Waals surface area contributed by atoms with Crippen LogP contribution in [0.15, 0.2) is 18.2 Å². The normalized spacial score (nSPS) is 10.2. The standard InChI is InChI=1S/C12H21BN2O2/c1-14(2)10-7-8-12(15(3)4)11(9-10)13(16-5)17-6/h7-9H,1-6H3. The molecule has 0 saturated heterocycles. The van der Waals surface area contributed by atoms with E-state index in [0.29, 0.717) is 0 Å². The number of anilines is 2. The molecule has 17 heavy (non-hydrogen) atoms. The monoisotopic (exact) mass is 236 g/mol. The van der Waals surface area contributed by atoms with Crippen molar-refractivity contribution in [1.82, 2.24) is 0 Å². The van der Waals surface area contributed by atoms with Crippen molar-refractivity contribution >= 4 is 24.0 Å². The van der Waals surface area contributed by atoms with Gasteiger partial charge in [-0.3, -0.25) is 0 Å². The van der Waals surface area contributed by atoms with Crippen LogP contribution in [0.4, 0.5) is 11.4 Å². The second-order valence-corrected chi connectivity index (χ2v) is 4.34. The Morgan fingerprint density at radius 3 is 1.94 bits per heavy atom. The Hall–Kier alpha value is -1.20. The summed E-state index contributed by atoms with van der Waals surface area (Å²) in [6.07, 6.45) is 0. The molecule has 94 valence electrons. The van der Waals surface area contributed by atoms with Crippen molar-refractivity contribution in [3.63, 3.8) is 0 Å². The number of benzene rings is 1. The molecule has 0 aliphatic heterocycles. The minimum Gasteiger partial charge on any atom is -0.410 e. The molecule has 0 unspecified atom stereocenters. The van der Waals surface area contributed by atoms with Gasteiger partial charge in [-0.2, -0.15) is 0 Å². The summed E-state index contributed by atoms with van der Waals surface area (Å²) >= 11 is 0. The molecule has 0 aliphatic carbocycles. The third-order valence-electron chi connectivity index (χ3n) is 2.69. The highest BCUT2D eigenvalue weighted by Crippen LogP contribution is 2.17. The molecule has 0 saturated carbocycles. The summed E-state index contributed by atoms with van der Waals surface area (Å²) in [7, 11) is 11.0. The average molecular weight is 236 g/mol. The smallest absolute Gasteiger partial charge is 0.410 e. The van der Waals surface area contributed by atoms with Crippen molar-refractivity contribution in [3.05, 3.63) is 18.2 Å². The maximum atomic E-state index is 5.34. The first-order valence-electron chi connectivity index (χ1n) is 5.55. The summed E-state index contributed by atoms with van der Waals surface area (Å²) < 4.78 is 10.7. The van der Waals surface area contributed by atoms with Crippen LogP contribution in [0.25, 0.3) is 0 Å². The van der Waals surface area contributed by atoms with Crippen molar-refractivity contribution in [2.24, 2.45) is 0 Å². The van der Waals surface area contributed by atoms with E-state index in [2.05, 4.69) is 28.0 Å². The maximum Gasteiger partial charge on any atom is 0.495 e. The molecule has 1 aromatic carbocycles. The Morgan fingerprint density at radius 1 is 0.941 bits per heavy atom. The molecule has 1 aromatic rings. The highest BCUT2D eigenvalue weighted by molar-refractivity contribution is 6.63. The van der Waals surface area contributed by atoms with E-state index in [1.165, 1.54) is 0 Å². The average Bonchev–Trinajstić information content (AvgIpc) is 2.30. The van der Waals surface area contributed by atoms with E-state index < -0.39 is 0 Å². The summed E-state index contributed by atoms with van der Waals surface area (Å²) in [6, 6.07) is 6.25. The van der Waals surface area contributed by atoms with Gasteiger partial charge in [-0.1, -0.05) is 0 Å². The first-order chi connectivity index (χ1) is 8.01. The molecule has 0 radical (unpaired) electrons. The molecule has 0 heterocycles. The van der Waals surface area contributed by atoms with Crippen LogP contribution in [-0.2, 0) is 9.31 Å². The van der Waals surface area contributed by atoms with Gasteiger partial charge < -0.3 is 19.1 Å². The highest BCUT2D eigenvalue weighted by Gasteiger charge is 2.23. The molecule has 0 bridgehead atoms. The SMILES string of the molecule is COB(OC)c1cc(N(C)C)ccc1N(C)C. The van der Waals surface area contributed by atoms with Crippen LogP contribution in [0.2, 0.25) is 0 Å². The van der Waals surface area contributed by atoms with Crippen molar-refractivity contribution in [2.45, 2.75) is 0 Å². The minimum absolute atomic E-state index is 0.340. The molecule has 0 amide bonds. The highest BCUT2D eigenvalue weighted by atomic mass is 16.6. The third-order valence-corrected chi connectivity index (χ3v) is 2.69. The Morgan fingerprint density at radius 2 is 1.53 bits per heavy atom. The maximum absolute atomic E-state index is 5.34. The zero-order chi connectivity index (χ0) is 13.0. The van der Waals surface area contributed by atoms with E-state index in [4.69, 9.17) is 9.31 Å². The van der Waals surface area contributed by atoms with Crippen molar-refractivity contribution in [1.29, 1.82) is 0 Å². The van der Waals surface area contributed by atoms with Gasteiger partial charge in [-0.25, -0.2) is 0 Å². The Labute approximate surface area is 104 Å². The molecule has 4 nitrogen and oxygen atoms in total. The van der Waals surface area contributed by atoms with Crippen LogP contribution >= 0.6 is 0 Å². The zero-order valence-corrected chi connectivity index (χ0v) is 11.5. The summed E-state index contributed by atoms with van der Waals surface area (Å²) in [4.78, 5) is 4.12. The lowest BCUT2D eigenvalue weighted by Crippen LogP contribution is -2.38. The quantitative estimate of drug-likeness (QED) is 0.706. The zero-order valence-electron chi connectivity index (χ0n) is 11.5. The van der Waals surface area contributed by atoms with E-state index >= 15 is 0 Å². The van der Waals surface area contributed by atoms with E-state index in [-0.39, 0.29) is 7.12 Å². The van der Waals surface area contributed by atoms with E-state index in [1.807, 2.05) is 28.2 Å². The second kappa shape index (κ2) is 5.93. The predicted molar refractivity (Wildman–Crippen MR) is 74.5 cm³/mol. The van der Waals surface area contributed by atoms with Gasteiger partial charge in [-0.05, 0) is 18.2 Å². The Bertz CT molecular complexity index is 366. The van der Waals surface area contributed by atoms with Crippen LogP contribution in [0.5, 0.6) is 0 Å². The Balaban J connectivity index is 3.24. The number of hydrogen-bond acceptors (Lipinski definition) is 4. The molecule has 5 heteroatoms. The minimum atomic E-state index is -0.340. The van der Waals surface area contributed by atoms with Gasteiger partial charge in [0.1, 0.15) is 0 Å². The van der Waals surface area contributed by atoms with Gasteiger partial charge in [0.05, 0.1) is 0 Å². The molecule has 0 fully saturated rings. The molecule has 0 atom stereocenters. The molecule has 0 spiro atoms. The first-order valence-corrected chi connectivity index (χ1v) is 5.55. The van der Waals surface area contributed by atoms with Gasteiger partial charge in [0.15, 0.2) is 0 Å². The predicted octanol–water partition coefficient (Wildman–Crippen LogP) is 0.807. The third kappa shape index (κ3) is 3.14. The summed E-state index contributed by atoms with van der Waals surface area (Å²) in [5.41, 5.74) is 3.26. The van der Waals surface area contributed by atoms with Crippen LogP contribution in [0.3, 0.4) is 0 Å². The first kappa shape index (κ1) is 13.9. The van der Waals surface area contributed by atoms with Crippen LogP contribution < -0.4 is 15.3 Å². The van der Waals surface area contributed by atoms with Crippen LogP contribution in [0, 0.1) is 0 Å². The lowest BCUT2D eigenvalue weighted by molar-refractivity contribution is 0.292. The molecular formula is C12H21BN2O2. The van der Waals surface area contributed by atoms with Gasteiger partial charge in [0.2, 0.25) is 0 Å². The molecule has 1 rings (SSSR count). The van der Waals surface area contributed by atoms with E-state index in [9.17, 15) is 0 Å². The fraction of sp³-hybridized carbons (Fsp3) is 0.500. The van der Waals surface area contributed by atoms with Gasteiger partial charge in [0, 0.05) is 59.2 Å². The van der Waals surface area contributed by atoms with Gasteiger partial charge >= 0.3 is 7.12 Å².